The molecule has 2 atom stereocenters. The number of rotatable bonds is 8. The molecule has 37 heavy (non-hydrogen) atoms. The molecule has 2 aromatic heterocycles. The number of halogens is 2. The Hall–Kier alpha value is -2.66. The number of anilines is 1. The van der Waals surface area contributed by atoms with Crippen molar-refractivity contribution < 1.29 is 23.5 Å². The smallest absolute Gasteiger partial charge is 0.280 e. The summed E-state index contributed by atoms with van der Waals surface area (Å²) in [7, 11) is 0. The molecule has 0 bridgehead atoms. The molecule has 2 amide bonds. The summed E-state index contributed by atoms with van der Waals surface area (Å²) < 4.78 is 28.5. The number of nitrogens with one attached hydrogen (secondary N) is 2. The van der Waals surface area contributed by atoms with Crippen LogP contribution < -0.4 is 10.6 Å². The van der Waals surface area contributed by atoms with E-state index >= 15 is 0 Å². The minimum atomic E-state index is -2.84. The second-order valence-electron chi connectivity index (χ2n) is 11.4. The van der Waals surface area contributed by atoms with Gasteiger partial charge in [-0.05, 0) is 52.0 Å². The van der Waals surface area contributed by atoms with E-state index < -0.39 is 29.9 Å². The zero-order chi connectivity index (χ0) is 27.7. The van der Waals surface area contributed by atoms with Crippen LogP contribution in [-0.4, -0.2) is 62.6 Å². The fourth-order valence-electron chi connectivity index (χ4n) is 3.84. The summed E-state index contributed by atoms with van der Waals surface area (Å²) in [6.45, 7) is 13.8. The lowest BCUT2D eigenvalue weighted by molar-refractivity contribution is 0.0408. The summed E-state index contributed by atoms with van der Waals surface area (Å²) in [5.74, 6) is -0.693. The number of hydrogen-bond acceptors (Lipinski definition) is 7. The Bertz CT molecular complexity index is 1140. The molecule has 3 rings (SSSR count). The predicted molar refractivity (Wildman–Crippen MR) is 141 cm³/mol. The summed E-state index contributed by atoms with van der Waals surface area (Å²) in [5, 5.41) is 15.9. The molecule has 0 saturated carbocycles. The summed E-state index contributed by atoms with van der Waals surface area (Å²) in [6, 6.07) is 0.650. The molecule has 0 aliphatic carbocycles. The van der Waals surface area contributed by atoms with Crippen LogP contribution in [0.4, 0.5) is 14.6 Å². The van der Waals surface area contributed by atoms with Crippen molar-refractivity contribution in [2.45, 2.75) is 85.4 Å². The minimum absolute atomic E-state index is 0.0220. The van der Waals surface area contributed by atoms with Crippen LogP contribution in [0.25, 0.3) is 10.4 Å². The van der Waals surface area contributed by atoms with Crippen molar-refractivity contribution in [1.29, 1.82) is 0 Å². The number of aromatic nitrogens is 2. The van der Waals surface area contributed by atoms with E-state index in [1.807, 2.05) is 27.7 Å². The molecule has 0 spiro atoms. The average molecular weight is 538 g/mol. The van der Waals surface area contributed by atoms with E-state index in [9.17, 15) is 23.5 Å². The third-order valence-electron chi connectivity index (χ3n) is 6.46. The highest BCUT2D eigenvalue weighted by Gasteiger charge is 2.34. The monoisotopic (exact) mass is 537 g/mol. The first kappa shape index (κ1) is 28.9. The Balaban J connectivity index is 2.07. The molecule has 1 aliphatic heterocycles. The SMILES string of the molecule is CC(NC(=O)c1nc(C(=O)N2CCC[C@@H]2C)c(-c2cnc(NCC(C)(C)C)cc2C(F)F)s1)C(C)(C)O. The lowest BCUT2D eigenvalue weighted by Crippen LogP contribution is -2.47. The Morgan fingerprint density at radius 2 is 1.95 bits per heavy atom. The number of pyridine rings is 1. The van der Waals surface area contributed by atoms with Gasteiger partial charge in [-0.3, -0.25) is 9.59 Å². The maximum atomic E-state index is 14.3. The summed E-state index contributed by atoms with van der Waals surface area (Å²) in [4.78, 5) is 37.0. The zero-order valence-corrected chi connectivity index (χ0v) is 23.3. The van der Waals surface area contributed by atoms with Crippen molar-refractivity contribution in [3.05, 3.63) is 28.5 Å². The third kappa shape index (κ3) is 7.01. The number of hydrogen-bond donors (Lipinski definition) is 3. The number of carbonyl (C=O) groups is 2. The van der Waals surface area contributed by atoms with Crippen LogP contribution in [0.2, 0.25) is 0 Å². The quantitative estimate of drug-likeness (QED) is 0.432. The van der Waals surface area contributed by atoms with Crippen LogP contribution in [-0.2, 0) is 0 Å². The Labute approximate surface area is 220 Å². The van der Waals surface area contributed by atoms with Crippen molar-refractivity contribution in [2.24, 2.45) is 5.41 Å². The molecule has 0 aromatic carbocycles. The maximum Gasteiger partial charge on any atom is 0.280 e. The highest BCUT2D eigenvalue weighted by Crippen LogP contribution is 2.39. The molecule has 8 nitrogen and oxygen atoms in total. The van der Waals surface area contributed by atoms with E-state index in [-0.39, 0.29) is 38.2 Å². The standard InChI is InChI=1S/C26H37F2N5O3S/c1-14-9-8-10-33(14)24(35)19-20(37-23(32-19)22(34)31-15(2)26(6,7)36)17-12-29-18(11-16(17)21(27)28)30-13-25(3,4)5/h11-12,14-15,21,36H,8-10,13H2,1-7H3,(H,29,30)(H,31,34)/t14-,15?/m0/s1. The van der Waals surface area contributed by atoms with Crippen molar-refractivity contribution in [3.63, 3.8) is 0 Å². The van der Waals surface area contributed by atoms with Crippen molar-refractivity contribution in [2.75, 3.05) is 18.4 Å². The number of nitrogens with zero attached hydrogens (tertiary/aromatic N) is 3. The molecule has 0 radical (unpaired) electrons. The van der Waals surface area contributed by atoms with E-state index in [1.165, 1.54) is 12.3 Å². The van der Waals surface area contributed by atoms with Crippen LogP contribution in [0.5, 0.6) is 0 Å². The van der Waals surface area contributed by atoms with Gasteiger partial charge in [-0.1, -0.05) is 20.8 Å². The number of alkyl halides is 2. The van der Waals surface area contributed by atoms with Crippen LogP contribution in [0, 0.1) is 5.41 Å². The Kier molecular flexibility index (Phi) is 8.58. The fraction of sp³-hybridized carbons (Fsp3) is 0.615. The van der Waals surface area contributed by atoms with E-state index in [2.05, 4.69) is 20.6 Å². The van der Waals surface area contributed by atoms with Gasteiger partial charge in [0.2, 0.25) is 0 Å². The van der Waals surface area contributed by atoms with Gasteiger partial charge >= 0.3 is 0 Å². The summed E-state index contributed by atoms with van der Waals surface area (Å²) in [6.07, 6.45) is 0.141. The van der Waals surface area contributed by atoms with Gasteiger partial charge < -0.3 is 20.6 Å². The summed E-state index contributed by atoms with van der Waals surface area (Å²) in [5.41, 5.74) is -1.55. The molecular formula is C26H37F2N5O3S. The minimum Gasteiger partial charge on any atom is -0.388 e. The Morgan fingerprint density at radius 3 is 2.49 bits per heavy atom. The van der Waals surface area contributed by atoms with E-state index in [4.69, 9.17) is 0 Å². The molecule has 204 valence electrons. The molecule has 2 aromatic rings. The normalized spacial score (nSPS) is 17.3. The first-order valence-corrected chi connectivity index (χ1v) is 13.3. The Morgan fingerprint density at radius 1 is 1.27 bits per heavy atom. The maximum absolute atomic E-state index is 14.3. The van der Waals surface area contributed by atoms with E-state index in [0.717, 1.165) is 24.2 Å². The third-order valence-corrected chi connectivity index (χ3v) is 7.55. The second-order valence-corrected chi connectivity index (χ2v) is 12.4. The number of amides is 2. The zero-order valence-electron chi connectivity index (χ0n) is 22.5. The predicted octanol–water partition coefficient (Wildman–Crippen LogP) is 5.11. The van der Waals surface area contributed by atoms with Gasteiger partial charge in [-0.2, -0.15) is 0 Å². The molecule has 1 aliphatic rings. The van der Waals surface area contributed by atoms with Gasteiger partial charge in [-0.15, -0.1) is 11.3 Å². The topological polar surface area (TPSA) is 107 Å². The van der Waals surface area contributed by atoms with Crippen LogP contribution >= 0.6 is 11.3 Å². The number of carbonyl (C=O) groups excluding carboxylic acids is 2. The number of likely N-dealkylation sites (tertiary alicyclic amines) is 1. The van der Waals surface area contributed by atoms with E-state index in [1.54, 1.807) is 25.7 Å². The van der Waals surface area contributed by atoms with Crippen molar-refractivity contribution in [1.82, 2.24) is 20.2 Å². The largest absolute Gasteiger partial charge is 0.388 e. The molecule has 11 heteroatoms. The summed E-state index contributed by atoms with van der Waals surface area (Å²) >= 11 is 0.871. The fourth-order valence-corrected chi connectivity index (χ4v) is 4.84. The molecule has 3 heterocycles. The highest BCUT2D eigenvalue weighted by molar-refractivity contribution is 7.17. The van der Waals surface area contributed by atoms with Gasteiger partial charge in [0.1, 0.15) is 11.5 Å². The second kappa shape index (κ2) is 11.0. The van der Waals surface area contributed by atoms with Gasteiger partial charge in [0, 0.05) is 36.5 Å². The van der Waals surface area contributed by atoms with Gasteiger partial charge in [-0.25, -0.2) is 18.7 Å². The molecule has 1 fully saturated rings. The molecule has 1 saturated heterocycles. The van der Waals surface area contributed by atoms with Crippen LogP contribution in [0.3, 0.4) is 0 Å². The van der Waals surface area contributed by atoms with Gasteiger partial charge in [0.05, 0.1) is 16.5 Å². The molecular weight excluding hydrogens is 500 g/mol. The van der Waals surface area contributed by atoms with Crippen LogP contribution in [0.1, 0.15) is 93.6 Å². The number of thiazole rings is 1. The first-order chi connectivity index (χ1) is 17.1. The number of aliphatic hydroxyl groups is 1. The van der Waals surface area contributed by atoms with Gasteiger partial charge in [0.15, 0.2) is 5.01 Å². The molecule has 1 unspecified atom stereocenters. The van der Waals surface area contributed by atoms with Crippen LogP contribution in [0.15, 0.2) is 12.3 Å². The van der Waals surface area contributed by atoms with Gasteiger partial charge in [0.25, 0.3) is 18.2 Å². The first-order valence-electron chi connectivity index (χ1n) is 12.5. The van der Waals surface area contributed by atoms with Crippen molar-refractivity contribution in [3.8, 4) is 10.4 Å². The highest BCUT2D eigenvalue weighted by atomic mass is 32.1. The lowest BCUT2D eigenvalue weighted by Gasteiger charge is -2.26. The average Bonchev–Trinajstić information content (AvgIpc) is 3.42. The lowest BCUT2D eigenvalue weighted by atomic mass is 9.97. The van der Waals surface area contributed by atoms with E-state index in [0.29, 0.717) is 18.9 Å². The van der Waals surface area contributed by atoms with Crippen molar-refractivity contribution >= 4 is 29.0 Å². The molecule has 3 N–H and O–H groups in total.